The average molecular weight is 523 g/mol. The SMILES string of the molecule is CCCCC[C@H](O)C[C@@H]1CC(=O)N(CCCCN2CCCN(C)[C@H](CCCCC)CC2=O)CCCN1C. The lowest BCUT2D eigenvalue weighted by molar-refractivity contribution is -0.135. The summed E-state index contributed by atoms with van der Waals surface area (Å²) in [5.74, 6) is 0.524. The van der Waals surface area contributed by atoms with Gasteiger partial charge in [-0.15, -0.1) is 0 Å². The van der Waals surface area contributed by atoms with Gasteiger partial charge in [0, 0.05) is 51.1 Å². The van der Waals surface area contributed by atoms with Crippen molar-refractivity contribution in [2.45, 2.75) is 128 Å². The normalized spacial score (nSPS) is 24.0. The third-order valence-electron chi connectivity index (χ3n) is 8.58. The molecule has 0 aromatic heterocycles. The third kappa shape index (κ3) is 12.0. The summed E-state index contributed by atoms with van der Waals surface area (Å²) >= 11 is 0. The fourth-order valence-electron chi connectivity index (χ4n) is 5.97. The minimum absolute atomic E-state index is 0.119. The van der Waals surface area contributed by atoms with E-state index in [0.717, 1.165) is 97.1 Å². The molecule has 2 rings (SSSR count). The lowest BCUT2D eigenvalue weighted by Crippen LogP contribution is -2.46. The standard InChI is InChI=1S/C30H58N4O3/c1-5-7-9-15-26-24-29(36)33(21-13-17-31(26)3)19-11-12-20-34-22-14-18-32(4)27(25-30(34)37)23-28(35)16-10-8-6-2/h26-28,35H,5-25H2,1-4H3/t26-,27-,28+/m1/s1. The maximum Gasteiger partial charge on any atom is 0.224 e. The molecule has 7 heteroatoms. The summed E-state index contributed by atoms with van der Waals surface area (Å²) in [5.41, 5.74) is 0. The van der Waals surface area contributed by atoms with Crippen LogP contribution in [-0.4, -0.2) is 108 Å². The van der Waals surface area contributed by atoms with E-state index in [0.29, 0.717) is 31.2 Å². The molecule has 0 radical (unpaired) electrons. The average Bonchev–Trinajstić information content (AvgIpc) is 2.86. The zero-order valence-electron chi connectivity index (χ0n) is 24.6. The molecule has 216 valence electrons. The lowest BCUT2D eigenvalue weighted by atomic mass is 9.98. The summed E-state index contributed by atoms with van der Waals surface area (Å²) < 4.78 is 0. The van der Waals surface area contributed by atoms with E-state index in [1.807, 2.05) is 4.90 Å². The van der Waals surface area contributed by atoms with Gasteiger partial charge in [0.05, 0.1) is 6.10 Å². The number of aliphatic hydroxyl groups is 1. The van der Waals surface area contributed by atoms with Crippen molar-refractivity contribution in [1.29, 1.82) is 0 Å². The minimum atomic E-state index is -0.318. The van der Waals surface area contributed by atoms with Gasteiger partial charge >= 0.3 is 0 Å². The highest BCUT2D eigenvalue weighted by Gasteiger charge is 2.27. The van der Waals surface area contributed by atoms with Crippen LogP contribution in [0.3, 0.4) is 0 Å². The van der Waals surface area contributed by atoms with Crippen molar-refractivity contribution in [1.82, 2.24) is 19.6 Å². The van der Waals surface area contributed by atoms with E-state index >= 15 is 0 Å². The number of nitrogens with zero attached hydrogens (tertiary/aromatic N) is 4. The molecule has 0 saturated carbocycles. The molecule has 0 aromatic rings. The molecule has 0 aromatic carbocycles. The lowest BCUT2D eigenvalue weighted by Gasteiger charge is -2.35. The molecule has 2 fully saturated rings. The molecule has 1 N–H and O–H groups in total. The van der Waals surface area contributed by atoms with Gasteiger partial charge < -0.3 is 24.7 Å². The molecule has 2 heterocycles. The quantitative estimate of drug-likeness (QED) is 0.320. The van der Waals surface area contributed by atoms with Gasteiger partial charge in [-0.25, -0.2) is 0 Å². The van der Waals surface area contributed by atoms with Crippen molar-refractivity contribution in [2.75, 3.05) is 53.4 Å². The van der Waals surface area contributed by atoms with E-state index in [-0.39, 0.29) is 18.1 Å². The molecule has 2 amide bonds. The minimum Gasteiger partial charge on any atom is -0.393 e. The smallest absolute Gasteiger partial charge is 0.224 e. The van der Waals surface area contributed by atoms with Crippen LogP contribution in [0.4, 0.5) is 0 Å². The predicted molar refractivity (Wildman–Crippen MR) is 153 cm³/mol. The van der Waals surface area contributed by atoms with Gasteiger partial charge in [0.15, 0.2) is 0 Å². The molecule has 0 unspecified atom stereocenters. The third-order valence-corrected chi connectivity index (χ3v) is 8.58. The van der Waals surface area contributed by atoms with Crippen molar-refractivity contribution in [2.24, 2.45) is 0 Å². The van der Waals surface area contributed by atoms with Gasteiger partial charge in [-0.05, 0) is 72.1 Å². The monoisotopic (exact) mass is 522 g/mol. The van der Waals surface area contributed by atoms with Crippen molar-refractivity contribution in [3.8, 4) is 0 Å². The highest BCUT2D eigenvalue weighted by atomic mass is 16.3. The number of rotatable bonds is 15. The van der Waals surface area contributed by atoms with E-state index in [2.05, 4.69) is 42.6 Å². The summed E-state index contributed by atoms with van der Waals surface area (Å²) in [6.07, 6.45) is 14.4. The number of aliphatic hydroxyl groups excluding tert-OH is 1. The Bertz CT molecular complexity index is 646. The Kier molecular flexibility index (Phi) is 15.7. The van der Waals surface area contributed by atoms with Crippen molar-refractivity contribution >= 4 is 11.8 Å². The van der Waals surface area contributed by atoms with Crippen LogP contribution in [0, 0.1) is 0 Å². The molecule has 0 spiro atoms. The van der Waals surface area contributed by atoms with E-state index < -0.39 is 0 Å². The first-order valence-corrected chi connectivity index (χ1v) is 15.5. The van der Waals surface area contributed by atoms with Crippen LogP contribution in [0.15, 0.2) is 0 Å². The molecule has 37 heavy (non-hydrogen) atoms. The van der Waals surface area contributed by atoms with Gasteiger partial charge in [0.2, 0.25) is 11.8 Å². The highest BCUT2D eigenvalue weighted by molar-refractivity contribution is 5.77. The van der Waals surface area contributed by atoms with Crippen LogP contribution in [0.5, 0.6) is 0 Å². The Hall–Kier alpha value is -1.18. The first-order chi connectivity index (χ1) is 17.8. The number of hydrogen-bond acceptors (Lipinski definition) is 5. The first-order valence-electron chi connectivity index (χ1n) is 15.5. The molecule has 3 atom stereocenters. The fourth-order valence-corrected chi connectivity index (χ4v) is 5.97. The van der Waals surface area contributed by atoms with Crippen molar-refractivity contribution in [3.63, 3.8) is 0 Å². The van der Waals surface area contributed by atoms with Crippen molar-refractivity contribution < 1.29 is 14.7 Å². The first kappa shape index (κ1) is 32.0. The number of carbonyl (C=O) groups is 2. The maximum absolute atomic E-state index is 13.1. The van der Waals surface area contributed by atoms with Crippen LogP contribution >= 0.6 is 0 Å². The second-order valence-electron chi connectivity index (χ2n) is 11.7. The van der Waals surface area contributed by atoms with Crippen LogP contribution in [0.25, 0.3) is 0 Å². The number of unbranched alkanes of at least 4 members (excludes halogenated alkanes) is 5. The molecule has 2 saturated heterocycles. The van der Waals surface area contributed by atoms with Gasteiger partial charge in [0.25, 0.3) is 0 Å². The molecule has 2 aliphatic rings. The molecular formula is C30H58N4O3. The molecule has 7 nitrogen and oxygen atoms in total. The Labute approximate surface area is 227 Å². The second-order valence-corrected chi connectivity index (χ2v) is 11.7. The Morgan fingerprint density at radius 3 is 1.81 bits per heavy atom. The molecule has 0 bridgehead atoms. The predicted octanol–water partition coefficient (Wildman–Crippen LogP) is 4.52. The number of amides is 2. The Morgan fingerprint density at radius 1 is 0.730 bits per heavy atom. The van der Waals surface area contributed by atoms with Crippen LogP contribution in [0.2, 0.25) is 0 Å². The van der Waals surface area contributed by atoms with Gasteiger partial charge in [-0.3, -0.25) is 9.59 Å². The van der Waals surface area contributed by atoms with Gasteiger partial charge in [-0.2, -0.15) is 0 Å². The van der Waals surface area contributed by atoms with Gasteiger partial charge in [-0.1, -0.05) is 52.4 Å². The summed E-state index contributed by atoms with van der Waals surface area (Å²) in [6, 6.07) is 0.491. The molecule has 0 aliphatic carbocycles. The fraction of sp³-hybridized carbons (Fsp3) is 0.933. The van der Waals surface area contributed by atoms with Crippen LogP contribution < -0.4 is 0 Å². The number of hydrogen-bond donors (Lipinski definition) is 1. The van der Waals surface area contributed by atoms with E-state index in [4.69, 9.17) is 0 Å². The molecule has 2 aliphatic heterocycles. The zero-order valence-corrected chi connectivity index (χ0v) is 24.6. The topological polar surface area (TPSA) is 67.3 Å². The van der Waals surface area contributed by atoms with E-state index in [9.17, 15) is 14.7 Å². The second kappa shape index (κ2) is 18.2. The summed E-state index contributed by atoms with van der Waals surface area (Å²) in [4.78, 5) is 34.9. The Morgan fingerprint density at radius 2 is 1.24 bits per heavy atom. The summed E-state index contributed by atoms with van der Waals surface area (Å²) in [5, 5.41) is 10.5. The largest absolute Gasteiger partial charge is 0.393 e. The van der Waals surface area contributed by atoms with Crippen molar-refractivity contribution in [3.05, 3.63) is 0 Å². The van der Waals surface area contributed by atoms with E-state index in [1.54, 1.807) is 0 Å². The van der Waals surface area contributed by atoms with Gasteiger partial charge in [0.1, 0.15) is 0 Å². The highest BCUT2D eigenvalue weighted by Crippen LogP contribution is 2.20. The maximum atomic E-state index is 13.1. The Balaban J connectivity index is 1.77. The number of carbonyl (C=O) groups excluding carboxylic acids is 2. The van der Waals surface area contributed by atoms with E-state index in [1.165, 1.54) is 19.3 Å². The zero-order chi connectivity index (χ0) is 27.0. The summed E-state index contributed by atoms with van der Waals surface area (Å²) in [6.45, 7) is 9.68. The van der Waals surface area contributed by atoms with Crippen LogP contribution in [-0.2, 0) is 9.59 Å². The van der Waals surface area contributed by atoms with Crippen LogP contribution in [0.1, 0.15) is 110 Å². The summed E-state index contributed by atoms with van der Waals surface area (Å²) in [7, 11) is 4.27. The molecular weight excluding hydrogens is 464 g/mol.